The van der Waals surface area contributed by atoms with E-state index in [0.717, 1.165) is 4.57 Å². The van der Waals surface area contributed by atoms with E-state index in [1.54, 1.807) is 14.1 Å². The Bertz CT molecular complexity index is 670. The van der Waals surface area contributed by atoms with Crippen molar-refractivity contribution in [2.24, 2.45) is 14.1 Å². The van der Waals surface area contributed by atoms with Crippen LogP contribution in [-0.4, -0.2) is 26.4 Å². The number of rotatable bonds is 1. The van der Waals surface area contributed by atoms with E-state index in [1.807, 2.05) is 0 Å². The van der Waals surface area contributed by atoms with E-state index in [9.17, 15) is 9.59 Å². The Morgan fingerprint density at radius 3 is 2.56 bits per heavy atom. The average Bonchev–Trinajstić information content (AvgIpc) is 2.32. The van der Waals surface area contributed by atoms with Crippen molar-refractivity contribution in [3.8, 4) is 0 Å². The fourth-order valence-electron chi connectivity index (χ4n) is 1.58. The topological polar surface area (TPSA) is 81.8 Å². The van der Waals surface area contributed by atoms with E-state index in [-0.39, 0.29) is 11.2 Å². The van der Waals surface area contributed by atoms with E-state index >= 15 is 0 Å². The summed E-state index contributed by atoms with van der Waals surface area (Å²) >= 11 is 0. The van der Waals surface area contributed by atoms with E-state index < -0.39 is 5.69 Å². The van der Waals surface area contributed by atoms with Crippen LogP contribution in [0.3, 0.4) is 0 Å². The molecule has 0 saturated carbocycles. The molecule has 0 radical (unpaired) electrons. The van der Waals surface area contributed by atoms with Crippen molar-refractivity contribution in [3.05, 3.63) is 27.0 Å². The van der Waals surface area contributed by atoms with Gasteiger partial charge in [0.05, 0.1) is 11.9 Å². The Kier molecular flexibility index (Phi) is 2.22. The van der Waals surface area contributed by atoms with Crippen molar-refractivity contribution < 1.29 is 0 Å². The second-order valence-corrected chi connectivity index (χ2v) is 3.41. The van der Waals surface area contributed by atoms with Gasteiger partial charge in [-0.15, -0.1) is 5.10 Å². The van der Waals surface area contributed by atoms with E-state index in [1.165, 1.54) is 17.8 Å². The molecular weight excluding hydrogens is 210 g/mol. The zero-order valence-electron chi connectivity index (χ0n) is 9.18. The molecule has 0 spiro atoms. The van der Waals surface area contributed by atoms with Crippen LogP contribution in [0, 0.1) is 0 Å². The van der Waals surface area contributed by atoms with Crippen molar-refractivity contribution in [2.75, 3.05) is 12.4 Å². The summed E-state index contributed by atoms with van der Waals surface area (Å²) in [5.41, 5.74) is 0.0403. The fourth-order valence-corrected chi connectivity index (χ4v) is 1.58. The van der Waals surface area contributed by atoms with Crippen molar-refractivity contribution in [3.63, 3.8) is 0 Å². The first-order valence-corrected chi connectivity index (χ1v) is 4.67. The maximum Gasteiger partial charge on any atom is 0.332 e. The molecule has 2 rings (SSSR count). The molecule has 84 valence electrons. The first-order chi connectivity index (χ1) is 7.57. The van der Waals surface area contributed by atoms with Gasteiger partial charge in [-0.1, -0.05) is 0 Å². The molecule has 0 aliphatic heterocycles. The van der Waals surface area contributed by atoms with Gasteiger partial charge >= 0.3 is 5.69 Å². The Morgan fingerprint density at radius 2 is 1.94 bits per heavy atom. The maximum atomic E-state index is 11.9. The molecule has 0 unspecified atom stereocenters. The van der Waals surface area contributed by atoms with Gasteiger partial charge < -0.3 is 5.32 Å². The molecule has 0 atom stereocenters. The number of fused-ring (bicyclic) bond motifs is 1. The molecule has 0 amide bonds. The molecule has 0 aliphatic rings. The minimum absolute atomic E-state index is 0.278. The van der Waals surface area contributed by atoms with Crippen LogP contribution in [0.15, 0.2) is 15.8 Å². The zero-order chi connectivity index (χ0) is 11.9. The summed E-state index contributed by atoms with van der Waals surface area (Å²) in [5.74, 6) is 0. The lowest BCUT2D eigenvalue weighted by molar-refractivity contribution is 0.703. The van der Waals surface area contributed by atoms with E-state index in [0.29, 0.717) is 11.1 Å². The van der Waals surface area contributed by atoms with E-state index in [2.05, 4.69) is 15.5 Å². The molecule has 0 bridgehead atoms. The second-order valence-electron chi connectivity index (χ2n) is 3.41. The molecule has 2 heterocycles. The molecule has 0 fully saturated rings. The van der Waals surface area contributed by atoms with Crippen LogP contribution < -0.4 is 16.6 Å². The predicted molar refractivity (Wildman–Crippen MR) is 59.6 cm³/mol. The van der Waals surface area contributed by atoms with Gasteiger partial charge in [-0.25, -0.2) is 4.79 Å². The first kappa shape index (κ1) is 10.3. The van der Waals surface area contributed by atoms with Crippen molar-refractivity contribution >= 4 is 16.7 Å². The Morgan fingerprint density at radius 1 is 1.25 bits per heavy atom. The highest BCUT2D eigenvalue weighted by Crippen LogP contribution is 2.13. The van der Waals surface area contributed by atoms with Gasteiger partial charge in [-0.2, -0.15) is 5.10 Å². The highest BCUT2D eigenvalue weighted by atomic mass is 16.2. The molecule has 16 heavy (non-hydrogen) atoms. The van der Waals surface area contributed by atoms with Crippen LogP contribution in [-0.2, 0) is 14.1 Å². The number of nitrogens with zero attached hydrogens (tertiary/aromatic N) is 4. The number of hydrogen-bond acceptors (Lipinski definition) is 5. The monoisotopic (exact) mass is 221 g/mol. The number of aromatic nitrogens is 4. The quantitative estimate of drug-likeness (QED) is 0.672. The van der Waals surface area contributed by atoms with Crippen molar-refractivity contribution in [2.45, 2.75) is 0 Å². The molecule has 0 aliphatic carbocycles. The first-order valence-electron chi connectivity index (χ1n) is 4.67. The lowest BCUT2D eigenvalue weighted by Crippen LogP contribution is -2.37. The highest BCUT2D eigenvalue weighted by molar-refractivity contribution is 5.87. The lowest BCUT2D eigenvalue weighted by Gasteiger charge is -2.08. The Labute approximate surface area is 90.3 Å². The standard InChI is InChI=1S/C9H11N5O2/c1-10-5-4-11-12-7-6(5)8(15)14(3)9(16)13(7)2/h4H,1-3H3,(H,10,12). The number of aryl methyl sites for hydroxylation is 1. The summed E-state index contributed by atoms with van der Waals surface area (Å²) in [6.45, 7) is 0. The highest BCUT2D eigenvalue weighted by Gasteiger charge is 2.12. The van der Waals surface area contributed by atoms with E-state index in [4.69, 9.17) is 0 Å². The maximum absolute atomic E-state index is 11.9. The molecular formula is C9H11N5O2. The van der Waals surface area contributed by atoms with Crippen LogP contribution in [0.2, 0.25) is 0 Å². The van der Waals surface area contributed by atoms with Crippen LogP contribution >= 0.6 is 0 Å². The summed E-state index contributed by atoms with van der Waals surface area (Å²) in [5, 5.41) is 10.8. The Hall–Kier alpha value is -2.18. The molecule has 7 nitrogen and oxygen atoms in total. The molecule has 2 aromatic heterocycles. The minimum atomic E-state index is -0.417. The van der Waals surface area contributed by atoms with Gasteiger partial charge in [0, 0.05) is 21.1 Å². The van der Waals surface area contributed by atoms with Gasteiger partial charge in [-0.3, -0.25) is 13.9 Å². The van der Waals surface area contributed by atoms with Crippen molar-refractivity contribution in [1.29, 1.82) is 0 Å². The number of anilines is 1. The summed E-state index contributed by atoms with van der Waals surface area (Å²) in [6.07, 6.45) is 1.45. The third kappa shape index (κ3) is 1.21. The van der Waals surface area contributed by atoms with Crippen LogP contribution in [0.25, 0.3) is 11.0 Å². The lowest BCUT2D eigenvalue weighted by atomic mass is 10.3. The number of nitrogens with one attached hydrogen (secondary N) is 1. The molecule has 0 aromatic carbocycles. The predicted octanol–water partition coefficient (Wildman–Crippen LogP) is -0.931. The van der Waals surface area contributed by atoms with Crippen LogP contribution in [0.1, 0.15) is 0 Å². The molecule has 0 saturated heterocycles. The van der Waals surface area contributed by atoms with Crippen molar-refractivity contribution in [1.82, 2.24) is 19.3 Å². The fraction of sp³-hybridized carbons (Fsp3) is 0.333. The zero-order valence-corrected chi connectivity index (χ0v) is 9.18. The SMILES string of the molecule is CNc1cnnc2c1c(=O)n(C)c(=O)n2C. The minimum Gasteiger partial charge on any atom is -0.386 e. The smallest absolute Gasteiger partial charge is 0.332 e. The second kappa shape index (κ2) is 3.44. The molecule has 7 heteroatoms. The molecule has 1 N–H and O–H groups in total. The third-order valence-electron chi connectivity index (χ3n) is 2.51. The van der Waals surface area contributed by atoms with Gasteiger partial charge in [0.2, 0.25) is 0 Å². The summed E-state index contributed by atoms with van der Waals surface area (Å²) in [7, 11) is 4.67. The summed E-state index contributed by atoms with van der Waals surface area (Å²) in [4.78, 5) is 23.6. The largest absolute Gasteiger partial charge is 0.386 e. The average molecular weight is 221 g/mol. The van der Waals surface area contributed by atoms with Gasteiger partial charge in [-0.05, 0) is 0 Å². The van der Waals surface area contributed by atoms with Crippen LogP contribution in [0.4, 0.5) is 5.69 Å². The third-order valence-corrected chi connectivity index (χ3v) is 2.51. The van der Waals surface area contributed by atoms with Gasteiger partial charge in [0.1, 0.15) is 5.39 Å². The molecule has 2 aromatic rings. The van der Waals surface area contributed by atoms with Gasteiger partial charge in [0.15, 0.2) is 5.65 Å². The van der Waals surface area contributed by atoms with Gasteiger partial charge in [0.25, 0.3) is 5.56 Å². The summed E-state index contributed by atoms with van der Waals surface area (Å²) < 4.78 is 2.34. The Balaban J connectivity index is 3.15. The number of hydrogen-bond donors (Lipinski definition) is 1. The normalized spacial score (nSPS) is 10.7. The van der Waals surface area contributed by atoms with Crippen LogP contribution in [0.5, 0.6) is 0 Å². The summed E-state index contributed by atoms with van der Waals surface area (Å²) in [6, 6.07) is 0.